The van der Waals surface area contributed by atoms with Gasteiger partial charge < -0.3 is 14.4 Å². The Labute approximate surface area is 175 Å². The highest BCUT2D eigenvalue weighted by Gasteiger charge is 2.54. The van der Waals surface area contributed by atoms with Gasteiger partial charge in [-0.3, -0.25) is 4.79 Å². The van der Waals surface area contributed by atoms with E-state index >= 15 is 0 Å². The number of methoxy groups -OCH3 is 1. The van der Waals surface area contributed by atoms with Gasteiger partial charge in [0.25, 0.3) is 5.91 Å². The van der Waals surface area contributed by atoms with Crippen LogP contribution in [0.15, 0.2) is 91.0 Å². The molecule has 0 bridgehead atoms. The molecule has 1 aliphatic heterocycles. The SMILES string of the molecule is COC(=O)C(Cc1ccccc1)N1C(=O)[C@@H](Oc2ccccc2)[C@H]1c1ccccc1. The third kappa shape index (κ3) is 3.92. The summed E-state index contributed by atoms with van der Waals surface area (Å²) in [6, 6.07) is 27.4. The maximum atomic E-state index is 13.2. The van der Waals surface area contributed by atoms with E-state index in [2.05, 4.69) is 0 Å². The molecule has 0 spiro atoms. The zero-order valence-corrected chi connectivity index (χ0v) is 16.7. The molecule has 30 heavy (non-hydrogen) atoms. The van der Waals surface area contributed by atoms with Crippen molar-refractivity contribution < 1.29 is 19.1 Å². The van der Waals surface area contributed by atoms with E-state index in [4.69, 9.17) is 9.47 Å². The molecule has 5 heteroatoms. The summed E-state index contributed by atoms with van der Waals surface area (Å²) in [7, 11) is 1.35. The Bertz CT molecular complexity index is 991. The third-order valence-electron chi connectivity index (χ3n) is 5.31. The molecular weight excluding hydrogens is 378 g/mol. The predicted octanol–water partition coefficient (Wildman–Crippen LogP) is 3.80. The Hall–Kier alpha value is -3.60. The van der Waals surface area contributed by atoms with Crippen LogP contribution in [0.2, 0.25) is 0 Å². The summed E-state index contributed by atoms with van der Waals surface area (Å²) in [6.45, 7) is 0. The highest BCUT2D eigenvalue weighted by atomic mass is 16.5. The molecule has 1 amide bonds. The first-order chi connectivity index (χ1) is 14.7. The van der Waals surface area contributed by atoms with Gasteiger partial charge in [0.1, 0.15) is 17.8 Å². The molecule has 0 saturated carbocycles. The molecule has 0 N–H and O–H groups in total. The number of hydrogen-bond acceptors (Lipinski definition) is 4. The number of para-hydroxylation sites is 1. The fraction of sp³-hybridized carbons (Fsp3) is 0.200. The van der Waals surface area contributed by atoms with Crippen molar-refractivity contribution in [2.75, 3.05) is 7.11 Å². The topological polar surface area (TPSA) is 55.8 Å². The summed E-state index contributed by atoms with van der Waals surface area (Å²) >= 11 is 0. The summed E-state index contributed by atoms with van der Waals surface area (Å²) in [5, 5.41) is 0. The van der Waals surface area contributed by atoms with Gasteiger partial charge in [0.15, 0.2) is 0 Å². The van der Waals surface area contributed by atoms with Crippen molar-refractivity contribution in [3.05, 3.63) is 102 Å². The van der Waals surface area contributed by atoms with E-state index in [0.717, 1.165) is 11.1 Å². The molecular formula is C25H23NO4. The summed E-state index contributed by atoms with van der Waals surface area (Å²) in [6.07, 6.45) is -0.321. The van der Waals surface area contributed by atoms with Crippen LogP contribution in [0.25, 0.3) is 0 Å². The van der Waals surface area contributed by atoms with Crippen LogP contribution in [-0.4, -0.2) is 36.0 Å². The van der Waals surface area contributed by atoms with E-state index in [1.165, 1.54) is 7.11 Å². The van der Waals surface area contributed by atoms with Gasteiger partial charge in [-0.05, 0) is 23.3 Å². The minimum absolute atomic E-state index is 0.223. The third-order valence-corrected chi connectivity index (χ3v) is 5.31. The normalized spacial score (nSPS) is 19.0. The molecule has 3 aromatic rings. The average Bonchev–Trinajstić information content (AvgIpc) is 2.81. The lowest BCUT2D eigenvalue weighted by molar-refractivity contribution is -0.177. The first kappa shape index (κ1) is 19.7. The van der Waals surface area contributed by atoms with Crippen LogP contribution in [0, 0.1) is 0 Å². The van der Waals surface area contributed by atoms with Gasteiger partial charge in [0.05, 0.1) is 7.11 Å². The zero-order chi connectivity index (χ0) is 20.9. The van der Waals surface area contributed by atoms with E-state index in [9.17, 15) is 9.59 Å². The number of rotatable bonds is 7. The van der Waals surface area contributed by atoms with E-state index in [-0.39, 0.29) is 11.9 Å². The Morgan fingerprint density at radius 1 is 0.900 bits per heavy atom. The van der Waals surface area contributed by atoms with E-state index in [1.54, 1.807) is 4.90 Å². The van der Waals surface area contributed by atoms with E-state index < -0.39 is 18.1 Å². The molecule has 1 fully saturated rings. The fourth-order valence-electron chi connectivity index (χ4n) is 3.85. The molecule has 5 nitrogen and oxygen atoms in total. The number of nitrogens with zero attached hydrogens (tertiary/aromatic N) is 1. The van der Waals surface area contributed by atoms with Crippen LogP contribution >= 0.6 is 0 Å². The van der Waals surface area contributed by atoms with E-state index in [1.807, 2.05) is 91.0 Å². The van der Waals surface area contributed by atoms with Crippen molar-refractivity contribution in [3.8, 4) is 5.75 Å². The number of carbonyl (C=O) groups excluding carboxylic acids is 2. The second kappa shape index (κ2) is 8.82. The fourth-order valence-corrected chi connectivity index (χ4v) is 3.85. The maximum Gasteiger partial charge on any atom is 0.328 e. The van der Waals surface area contributed by atoms with E-state index in [0.29, 0.717) is 12.2 Å². The molecule has 1 heterocycles. The minimum atomic E-state index is -0.731. The molecule has 0 radical (unpaired) electrons. The number of benzene rings is 3. The molecule has 152 valence electrons. The average molecular weight is 401 g/mol. The Kier molecular flexibility index (Phi) is 5.80. The molecule has 1 saturated heterocycles. The number of hydrogen-bond donors (Lipinski definition) is 0. The number of carbonyl (C=O) groups is 2. The van der Waals surface area contributed by atoms with Crippen LogP contribution < -0.4 is 4.74 Å². The highest BCUT2D eigenvalue weighted by Crippen LogP contribution is 2.40. The van der Waals surface area contributed by atoms with Crippen LogP contribution in [0.4, 0.5) is 0 Å². The quantitative estimate of drug-likeness (QED) is 0.446. The van der Waals surface area contributed by atoms with Gasteiger partial charge in [-0.1, -0.05) is 78.9 Å². The van der Waals surface area contributed by atoms with Crippen LogP contribution in [-0.2, 0) is 20.7 Å². The number of β-lactam (4-membered cyclic amide) rings is 1. The van der Waals surface area contributed by atoms with Crippen molar-refractivity contribution in [3.63, 3.8) is 0 Å². The van der Waals surface area contributed by atoms with Crippen molar-refractivity contribution in [1.29, 1.82) is 0 Å². The largest absolute Gasteiger partial charge is 0.478 e. The number of likely N-dealkylation sites (tertiary alicyclic amines) is 1. The molecule has 1 unspecified atom stereocenters. The smallest absolute Gasteiger partial charge is 0.328 e. The van der Waals surface area contributed by atoms with Crippen molar-refractivity contribution in [2.24, 2.45) is 0 Å². The second-order valence-electron chi connectivity index (χ2n) is 7.18. The molecule has 0 aliphatic carbocycles. The molecule has 0 aromatic heterocycles. The van der Waals surface area contributed by atoms with Crippen molar-refractivity contribution in [2.45, 2.75) is 24.6 Å². The summed E-state index contributed by atoms with van der Waals surface area (Å²) in [5.41, 5.74) is 1.87. The Balaban J connectivity index is 1.66. The molecule has 3 atom stereocenters. The second-order valence-corrected chi connectivity index (χ2v) is 7.18. The highest BCUT2D eigenvalue weighted by molar-refractivity contribution is 5.93. The predicted molar refractivity (Wildman–Crippen MR) is 113 cm³/mol. The number of amides is 1. The molecule has 4 rings (SSSR count). The number of esters is 1. The lowest BCUT2D eigenvalue weighted by Gasteiger charge is -2.49. The lowest BCUT2D eigenvalue weighted by Crippen LogP contribution is -2.66. The summed E-state index contributed by atoms with van der Waals surface area (Å²) < 4.78 is 11.1. The summed E-state index contributed by atoms with van der Waals surface area (Å²) in [5.74, 6) is -0.0422. The number of ether oxygens (including phenoxy) is 2. The minimum Gasteiger partial charge on any atom is -0.478 e. The summed E-state index contributed by atoms with van der Waals surface area (Å²) in [4.78, 5) is 27.5. The van der Waals surface area contributed by atoms with Gasteiger partial charge in [-0.25, -0.2) is 4.79 Å². The van der Waals surface area contributed by atoms with Crippen molar-refractivity contribution in [1.82, 2.24) is 4.90 Å². The lowest BCUT2D eigenvalue weighted by atomic mass is 9.87. The van der Waals surface area contributed by atoms with Crippen molar-refractivity contribution >= 4 is 11.9 Å². The Morgan fingerprint density at radius 2 is 1.47 bits per heavy atom. The van der Waals surface area contributed by atoms with Crippen LogP contribution in [0.5, 0.6) is 5.75 Å². The van der Waals surface area contributed by atoms with Gasteiger partial charge >= 0.3 is 5.97 Å². The van der Waals surface area contributed by atoms with Gasteiger partial charge in [0, 0.05) is 6.42 Å². The van der Waals surface area contributed by atoms with Gasteiger partial charge in [-0.2, -0.15) is 0 Å². The molecule has 3 aromatic carbocycles. The van der Waals surface area contributed by atoms with Gasteiger partial charge in [-0.15, -0.1) is 0 Å². The molecule has 1 aliphatic rings. The Morgan fingerprint density at radius 3 is 2.07 bits per heavy atom. The monoisotopic (exact) mass is 401 g/mol. The van der Waals surface area contributed by atoms with Gasteiger partial charge in [0.2, 0.25) is 6.10 Å². The van der Waals surface area contributed by atoms with Crippen LogP contribution in [0.3, 0.4) is 0 Å². The standard InChI is InChI=1S/C25H23NO4/c1-29-25(28)21(17-18-11-5-2-6-12-18)26-22(19-13-7-3-8-14-19)23(24(26)27)30-20-15-9-4-10-16-20/h2-16,21-23H,17H2,1H3/t21?,22-,23+/m1/s1. The first-order valence-corrected chi connectivity index (χ1v) is 9.89. The zero-order valence-electron chi connectivity index (χ0n) is 16.7. The maximum absolute atomic E-state index is 13.2. The first-order valence-electron chi connectivity index (χ1n) is 9.89. The van der Waals surface area contributed by atoms with Crippen LogP contribution in [0.1, 0.15) is 17.2 Å².